The monoisotopic (exact) mass is 503 g/mol. The van der Waals surface area contributed by atoms with Crippen LogP contribution in [0.4, 0.5) is 4.79 Å². The second-order valence-electron chi connectivity index (χ2n) is 10.5. The van der Waals surface area contributed by atoms with Gasteiger partial charge in [-0.1, -0.05) is 100 Å². The maximum atomic E-state index is 13.9. The Kier molecular flexibility index (Phi) is 9.20. The Morgan fingerprint density at radius 3 is 2.43 bits per heavy atom. The number of rotatable bonds is 11. The molecular weight excluding hydrogens is 462 g/mol. The van der Waals surface area contributed by atoms with Crippen LogP contribution in [0.25, 0.3) is 0 Å². The fraction of sp³-hybridized carbons (Fsp3) is 0.500. The van der Waals surface area contributed by atoms with E-state index in [1.54, 1.807) is 4.90 Å². The van der Waals surface area contributed by atoms with Gasteiger partial charge in [0.05, 0.1) is 6.54 Å². The van der Waals surface area contributed by atoms with Crippen LogP contribution in [-0.4, -0.2) is 29.3 Å². The fourth-order valence-electron chi connectivity index (χ4n) is 5.50. The van der Waals surface area contributed by atoms with Crippen LogP contribution in [0.2, 0.25) is 0 Å². The number of nitrogens with one attached hydrogen (secondary N) is 4. The topological polar surface area (TPSA) is 97.3 Å². The molecule has 1 saturated heterocycles. The van der Waals surface area contributed by atoms with Crippen molar-refractivity contribution < 1.29 is 9.59 Å². The molecule has 1 aliphatic heterocycles. The lowest BCUT2D eigenvalue weighted by atomic mass is 9.79. The number of guanidine groups is 1. The SMILES string of the molecule is CCCCNC(=O)NCc1ccc(CN2C(=N)NC(CCC3CCCCC3)(c3ccccc3)C2=O)cc1. The number of carbonyl (C=O) groups is 2. The van der Waals surface area contributed by atoms with Gasteiger partial charge in [0, 0.05) is 13.1 Å². The lowest BCUT2D eigenvalue weighted by molar-refractivity contribution is -0.132. The highest BCUT2D eigenvalue weighted by atomic mass is 16.2. The van der Waals surface area contributed by atoms with E-state index in [9.17, 15) is 9.59 Å². The number of carbonyl (C=O) groups excluding carboxylic acids is 2. The van der Waals surface area contributed by atoms with Crippen LogP contribution < -0.4 is 16.0 Å². The Balaban J connectivity index is 1.41. The molecule has 4 N–H and O–H groups in total. The number of benzene rings is 2. The maximum absolute atomic E-state index is 13.9. The molecule has 7 nitrogen and oxygen atoms in total. The Morgan fingerprint density at radius 1 is 1.03 bits per heavy atom. The van der Waals surface area contributed by atoms with E-state index >= 15 is 0 Å². The lowest BCUT2D eigenvalue weighted by Gasteiger charge is -2.30. The third kappa shape index (κ3) is 6.70. The van der Waals surface area contributed by atoms with Gasteiger partial charge in [0.25, 0.3) is 5.91 Å². The summed E-state index contributed by atoms with van der Waals surface area (Å²) < 4.78 is 0. The van der Waals surface area contributed by atoms with Gasteiger partial charge in [-0.05, 0) is 41.9 Å². The largest absolute Gasteiger partial charge is 0.338 e. The van der Waals surface area contributed by atoms with Crippen LogP contribution in [0.1, 0.15) is 81.4 Å². The first-order chi connectivity index (χ1) is 18.0. The van der Waals surface area contributed by atoms with Crippen molar-refractivity contribution in [2.45, 2.75) is 83.3 Å². The molecule has 2 aromatic carbocycles. The molecule has 2 fully saturated rings. The van der Waals surface area contributed by atoms with E-state index in [-0.39, 0.29) is 17.9 Å². The van der Waals surface area contributed by atoms with Crippen molar-refractivity contribution in [1.29, 1.82) is 5.41 Å². The zero-order valence-corrected chi connectivity index (χ0v) is 22.0. The van der Waals surface area contributed by atoms with E-state index < -0.39 is 5.54 Å². The van der Waals surface area contributed by atoms with Crippen LogP contribution in [0.3, 0.4) is 0 Å². The zero-order valence-electron chi connectivity index (χ0n) is 22.0. The van der Waals surface area contributed by atoms with Crippen molar-refractivity contribution in [2.75, 3.05) is 6.54 Å². The van der Waals surface area contributed by atoms with Gasteiger partial charge in [-0.2, -0.15) is 0 Å². The van der Waals surface area contributed by atoms with Gasteiger partial charge in [-0.3, -0.25) is 15.1 Å². The Labute approximate surface area is 220 Å². The summed E-state index contributed by atoms with van der Waals surface area (Å²) in [5, 5.41) is 17.7. The Morgan fingerprint density at radius 2 is 1.73 bits per heavy atom. The van der Waals surface area contributed by atoms with Crippen molar-refractivity contribution in [3.63, 3.8) is 0 Å². The predicted molar refractivity (Wildman–Crippen MR) is 147 cm³/mol. The van der Waals surface area contributed by atoms with Gasteiger partial charge in [-0.15, -0.1) is 0 Å². The number of hydrogen-bond acceptors (Lipinski definition) is 3. The first-order valence-corrected chi connectivity index (χ1v) is 13.9. The average molecular weight is 504 g/mol. The van der Waals surface area contributed by atoms with E-state index in [4.69, 9.17) is 5.41 Å². The zero-order chi connectivity index (χ0) is 26.1. The summed E-state index contributed by atoms with van der Waals surface area (Å²) in [6, 6.07) is 17.6. The molecule has 0 radical (unpaired) electrons. The van der Waals surface area contributed by atoms with Crippen LogP contribution in [0.15, 0.2) is 54.6 Å². The third-order valence-electron chi connectivity index (χ3n) is 7.76. The molecule has 198 valence electrons. The minimum Gasteiger partial charge on any atom is -0.338 e. The number of amides is 3. The van der Waals surface area contributed by atoms with Crippen LogP contribution in [-0.2, 0) is 23.4 Å². The van der Waals surface area contributed by atoms with Crippen molar-refractivity contribution >= 4 is 17.9 Å². The Bertz CT molecular complexity index is 1050. The number of urea groups is 1. The number of unbranched alkanes of at least 4 members (excludes halogenated alkanes) is 1. The molecule has 0 bridgehead atoms. The quantitative estimate of drug-likeness (QED) is 0.309. The van der Waals surface area contributed by atoms with Crippen LogP contribution >= 0.6 is 0 Å². The minimum atomic E-state index is -0.884. The summed E-state index contributed by atoms with van der Waals surface area (Å²) in [5.41, 5.74) is 1.99. The van der Waals surface area contributed by atoms with Gasteiger partial charge in [-0.25, -0.2) is 4.79 Å². The van der Waals surface area contributed by atoms with Gasteiger partial charge < -0.3 is 16.0 Å². The second kappa shape index (κ2) is 12.7. The molecule has 7 heteroatoms. The first-order valence-electron chi connectivity index (χ1n) is 13.9. The smallest absolute Gasteiger partial charge is 0.315 e. The average Bonchev–Trinajstić information content (AvgIpc) is 3.18. The summed E-state index contributed by atoms with van der Waals surface area (Å²) >= 11 is 0. The standard InChI is InChI=1S/C30H41N5O2/c1-2-3-20-32-29(37)33-21-24-14-16-25(17-15-24)22-35-27(36)30(34-28(35)31,26-12-8-5-9-13-26)19-18-23-10-6-4-7-11-23/h5,8-9,12-17,23H,2-4,6-7,10-11,18-22H2,1H3,(H2,31,34)(H2,32,33,37). The highest BCUT2D eigenvalue weighted by Gasteiger charge is 2.50. The van der Waals surface area contributed by atoms with Gasteiger partial charge in [0.2, 0.25) is 0 Å². The molecule has 37 heavy (non-hydrogen) atoms. The minimum absolute atomic E-state index is 0.0472. The van der Waals surface area contributed by atoms with Crippen LogP contribution in [0, 0.1) is 11.3 Å². The Hall–Kier alpha value is -3.35. The summed E-state index contributed by atoms with van der Waals surface area (Å²) in [7, 11) is 0. The predicted octanol–water partition coefficient (Wildman–Crippen LogP) is 5.41. The molecule has 2 aromatic rings. The van der Waals surface area contributed by atoms with E-state index in [0.717, 1.165) is 36.0 Å². The molecule has 1 aliphatic carbocycles. The first kappa shape index (κ1) is 26.7. The summed E-state index contributed by atoms with van der Waals surface area (Å²) in [6.45, 7) is 3.55. The summed E-state index contributed by atoms with van der Waals surface area (Å²) in [5.74, 6) is 0.767. The number of hydrogen-bond donors (Lipinski definition) is 4. The second-order valence-corrected chi connectivity index (χ2v) is 10.5. The van der Waals surface area contributed by atoms with Crippen molar-refractivity contribution in [3.05, 3.63) is 71.3 Å². The van der Waals surface area contributed by atoms with Crippen molar-refractivity contribution in [2.24, 2.45) is 5.92 Å². The van der Waals surface area contributed by atoms with E-state index in [1.807, 2.05) is 54.6 Å². The molecule has 2 aliphatic rings. The lowest BCUT2D eigenvalue weighted by Crippen LogP contribution is -2.44. The highest BCUT2D eigenvalue weighted by Crippen LogP contribution is 2.37. The van der Waals surface area contributed by atoms with E-state index in [0.29, 0.717) is 32.0 Å². The molecule has 3 amide bonds. The van der Waals surface area contributed by atoms with Crippen LogP contribution in [0.5, 0.6) is 0 Å². The van der Waals surface area contributed by atoms with Gasteiger partial charge in [0.15, 0.2) is 5.96 Å². The van der Waals surface area contributed by atoms with Crippen molar-refractivity contribution in [1.82, 2.24) is 20.9 Å². The fourth-order valence-corrected chi connectivity index (χ4v) is 5.50. The molecular formula is C30H41N5O2. The molecule has 4 rings (SSSR count). The highest BCUT2D eigenvalue weighted by molar-refractivity contribution is 6.08. The molecule has 1 atom stereocenters. The molecule has 0 aromatic heterocycles. The molecule has 1 saturated carbocycles. The molecule has 0 spiro atoms. The molecule has 1 heterocycles. The van der Waals surface area contributed by atoms with Gasteiger partial charge >= 0.3 is 6.03 Å². The maximum Gasteiger partial charge on any atom is 0.315 e. The van der Waals surface area contributed by atoms with E-state index in [1.165, 1.54) is 32.1 Å². The normalized spacial score (nSPS) is 20.1. The van der Waals surface area contributed by atoms with Crippen molar-refractivity contribution in [3.8, 4) is 0 Å². The summed E-state index contributed by atoms with van der Waals surface area (Å²) in [6.07, 6.45) is 10.0. The van der Waals surface area contributed by atoms with Gasteiger partial charge in [0.1, 0.15) is 5.54 Å². The molecule has 1 unspecified atom stereocenters. The number of nitrogens with zero attached hydrogens (tertiary/aromatic N) is 1. The summed E-state index contributed by atoms with van der Waals surface area (Å²) in [4.78, 5) is 27.4. The van der Waals surface area contributed by atoms with E-state index in [2.05, 4.69) is 22.9 Å². The third-order valence-corrected chi connectivity index (χ3v) is 7.76.